The molecule has 0 bridgehead atoms. The van der Waals surface area contributed by atoms with Crippen LogP contribution in [0.5, 0.6) is 0 Å². The lowest BCUT2D eigenvalue weighted by atomic mass is 10.1. The van der Waals surface area contributed by atoms with Gasteiger partial charge in [0.2, 0.25) is 5.91 Å². The molecule has 0 aliphatic carbocycles. The van der Waals surface area contributed by atoms with Gasteiger partial charge in [0, 0.05) is 32.6 Å². The molecule has 4 nitrogen and oxygen atoms in total. The SMILES string of the molecule is NCCCCCC(=O)N1CC[N]CC1. The van der Waals surface area contributed by atoms with E-state index in [0.29, 0.717) is 6.42 Å². The van der Waals surface area contributed by atoms with Gasteiger partial charge in [-0.15, -0.1) is 0 Å². The molecule has 0 spiro atoms. The van der Waals surface area contributed by atoms with E-state index in [2.05, 4.69) is 5.32 Å². The Morgan fingerprint density at radius 1 is 1.21 bits per heavy atom. The second-order valence-electron chi connectivity index (χ2n) is 3.65. The van der Waals surface area contributed by atoms with Crippen molar-refractivity contribution in [3.8, 4) is 0 Å². The Morgan fingerprint density at radius 3 is 2.57 bits per heavy atom. The van der Waals surface area contributed by atoms with Crippen LogP contribution in [0, 0.1) is 0 Å². The summed E-state index contributed by atoms with van der Waals surface area (Å²) in [6.45, 7) is 3.99. The Kier molecular flexibility index (Phi) is 5.56. The Morgan fingerprint density at radius 2 is 1.93 bits per heavy atom. The number of nitrogens with zero attached hydrogens (tertiary/aromatic N) is 2. The normalized spacial score (nSPS) is 17.1. The molecule has 0 atom stereocenters. The van der Waals surface area contributed by atoms with E-state index >= 15 is 0 Å². The summed E-state index contributed by atoms with van der Waals surface area (Å²) in [7, 11) is 0. The molecule has 2 N–H and O–H groups in total. The molecule has 1 fully saturated rings. The number of hydrogen-bond donors (Lipinski definition) is 1. The van der Waals surface area contributed by atoms with Crippen molar-refractivity contribution in [2.75, 3.05) is 32.7 Å². The lowest BCUT2D eigenvalue weighted by Crippen LogP contribution is -2.43. The molecule has 1 saturated heterocycles. The summed E-state index contributed by atoms with van der Waals surface area (Å²) in [6.07, 6.45) is 3.76. The second kappa shape index (κ2) is 6.79. The third kappa shape index (κ3) is 4.07. The molecule has 81 valence electrons. The first-order valence-electron chi connectivity index (χ1n) is 5.45. The maximum atomic E-state index is 11.6. The molecule has 4 heteroatoms. The van der Waals surface area contributed by atoms with Gasteiger partial charge < -0.3 is 10.6 Å². The van der Waals surface area contributed by atoms with Crippen LogP contribution in [-0.4, -0.2) is 43.5 Å². The van der Waals surface area contributed by atoms with E-state index < -0.39 is 0 Å². The number of piperazine rings is 1. The number of unbranched alkanes of at least 4 members (excludes halogenated alkanes) is 2. The number of nitrogens with two attached hydrogens (primary N) is 1. The van der Waals surface area contributed by atoms with Crippen LogP contribution in [0.3, 0.4) is 0 Å². The fourth-order valence-corrected chi connectivity index (χ4v) is 1.61. The van der Waals surface area contributed by atoms with E-state index in [0.717, 1.165) is 52.0 Å². The highest BCUT2D eigenvalue weighted by atomic mass is 16.2. The van der Waals surface area contributed by atoms with Crippen molar-refractivity contribution in [2.45, 2.75) is 25.7 Å². The minimum absolute atomic E-state index is 0.289. The van der Waals surface area contributed by atoms with Crippen LogP contribution in [0.1, 0.15) is 25.7 Å². The quantitative estimate of drug-likeness (QED) is 0.630. The highest BCUT2D eigenvalue weighted by Gasteiger charge is 2.15. The standard InChI is InChI=1S/C10H20N3O/c11-5-3-1-2-4-10(14)13-8-6-12-7-9-13/h1-9,11H2. The Bertz CT molecular complexity index is 167. The van der Waals surface area contributed by atoms with E-state index in [9.17, 15) is 4.79 Å². The monoisotopic (exact) mass is 198 g/mol. The summed E-state index contributed by atoms with van der Waals surface area (Å²) in [5.74, 6) is 0.289. The van der Waals surface area contributed by atoms with Gasteiger partial charge in [-0.1, -0.05) is 6.42 Å². The fourth-order valence-electron chi connectivity index (χ4n) is 1.61. The molecular formula is C10H20N3O. The van der Waals surface area contributed by atoms with E-state index in [1.54, 1.807) is 0 Å². The minimum atomic E-state index is 0.289. The van der Waals surface area contributed by atoms with Gasteiger partial charge in [0.1, 0.15) is 0 Å². The number of hydrogen-bond acceptors (Lipinski definition) is 2. The first kappa shape index (κ1) is 11.5. The van der Waals surface area contributed by atoms with Gasteiger partial charge in [0.15, 0.2) is 0 Å². The predicted molar refractivity (Wildman–Crippen MR) is 56.0 cm³/mol. The summed E-state index contributed by atoms with van der Waals surface area (Å²) in [6, 6.07) is 0. The molecular weight excluding hydrogens is 178 g/mol. The Labute approximate surface area is 85.8 Å². The highest BCUT2D eigenvalue weighted by Crippen LogP contribution is 2.04. The molecule has 0 unspecified atom stereocenters. The van der Waals surface area contributed by atoms with Crippen LogP contribution in [0.2, 0.25) is 0 Å². The van der Waals surface area contributed by atoms with Crippen LogP contribution in [-0.2, 0) is 4.79 Å². The van der Waals surface area contributed by atoms with E-state index in [-0.39, 0.29) is 5.91 Å². The molecule has 0 aromatic heterocycles. The molecule has 1 radical (unpaired) electrons. The molecule has 1 aliphatic heterocycles. The van der Waals surface area contributed by atoms with Crippen molar-refractivity contribution in [2.24, 2.45) is 5.73 Å². The van der Waals surface area contributed by atoms with Crippen molar-refractivity contribution in [1.29, 1.82) is 0 Å². The number of amides is 1. The van der Waals surface area contributed by atoms with Crippen LogP contribution < -0.4 is 11.1 Å². The molecule has 1 aliphatic rings. The third-order valence-corrected chi connectivity index (χ3v) is 2.50. The Balaban J connectivity index is 2.07. The van der Waals surface area contributed by atoms with Gasteiger partial charge in [0.25, 0.3) is 0 Å². The smallest absolute Gasteiger partial charge is 0.222 e. The number of carbonyl (C=O) groups is 1. The molecule has 0 aromatic rings. The number of carbonyl (C=O) groups excluding carboxylic acids is 1. The van der Waals surface area contributed by atoms with Gasteiger partial charge in [-0.3, -0.25) is 4.79 Å². The minimum Gasteiger partial charge on any atom is -0.340 e. The Hall–Kier alpha value is -0.610. The summed E-state index contributed by atoms with van der Waals surface area (Å²) in [5, 5.41) is 4.21. The van der Waals surface area contributed by atoms with E-state index in [1.165, 1.54) is 0 Å². The van der Waals surface area contributed by atoms with Crippen molar-refractivity contribution in [1.82, 2.24) is 10.2 Å². The first-order chi connectivity index (χ1) is 6.84. The molecule has 0 aromatic carbocycles. The van der Waals surface area contributed by atoms with Crippen LogP contribution in [0.15, 0.2) is 0 Å². The van der Waals surface area contributed by atoms with Crippen LogP contribution in [0.25, 0.3) is 0 Å². The van der Waals surface area contributed by atoms with Crippen molar-refractivity contribution >= 4 is 5.91 Å². The van der Waals surface area contributed by atoms with Crippen molar-refractivity contribution in [3.63, 3.8) is 0 Å². The van der Waals surface area contributed by atoms with Gasteiger partial charge >= 0.3 is 0 Å². The fraction of sp³-hybridized carbons (Fsp3) is 0.900. The largest absolute Gasteiger partial charge is 0.340 e. The van der Waals surface area contributed by atoms with E-state index in [1.807, 2.05) is 4.90 Å². The summed E-state index contributed by atoms with van der Waals surface area (Å²) < 4.78 is 0. The zero-order chi connectivity index (χ0) is 10.2. The van der Waals surface area contributed by atoms with Gasteiger partial charge in [-0.2, -0.15) is 0 Å². The summed E-state index contributed by atoms with van der Waals surface area (Å²) in [4.78, 5) is 13.5. The average molecular weight is 198 g/mol. The maximum Gasteiger partial charge on any atom is 0.222 e. The van der Waals surface area contributed by atoms with Crippen molar-refractivity contribution in [3.05, 3.63) is 0 Å². The second-order valence-corrected chi connectivity index (χ2v) is 3.65. The third-order valence-electron chi connectivity index (χ3n) is 2.50. The molecule has 1 heterocycles. The maximum absolute atomic E-state index is 11.6. The van der Waals surface area contributed by atoms with Gasteiger partial charge in [-0.25, -0.2) is 5.32 Å². The molecule has 1 amide bonds. The highest BCUT2D eigenvalue weighted by molar-refractivity contribution is 5.76. The van der Waals surface area contributed by atoms with Crippen LogP contribution >= 0.6 is 0 Å². The van der Waals surface area contributed by atoms with Crippen LogP contribution in [0.4, 0.5) is 0 Å². The molecule has 1 rings (SSSR count). The molecule has 0 saturated carbocycles. The van der Waals surface area contributed by atoms with Gasteiger partial charge in [0.05, 0.1) is 0 Å². The zero-order valence-electron chi connectivity index (χ0n) is 8.74. The molecule has 14 heavy (non-hydrogen) atoms. The lowest BCUT2D eigenvalue weighted by Gasteiger charge is -2.26. The summed E-state index contributed by atoms with van der Waals surface area (Å²) >= 11 is 0. The first-order valence-corrected chi connectivity index (χ1v) is 5.45. The summed E-state index contributed by atoms with van der Waals surface area (Å²) in [5.41, 5.74) is 5.38. The lowest BCUT2D eigenvalue weighted by molar-refractivity contribution is -0.131. The zero-order valence-corrected chi connectivity index (χ0v) is 8.74. The number of rotatable bonds is 5. The van der Waals surface area contributed by atoms with Gasteiger partial charge in [-0.05, 0) is 19.4 Å². The average Bonchev–Trinajstić information content (AvgIpc) is 2.25. The van der Waals surface area contributed by atoms with E-state index in [4.69, 9.17) is 5.73 Å². The van der Waals surface area contributed by atoms with Crippen molar-refractivity contribution < 1.29 is 4.79 Å². The predicted octanol–water partition coefficient (Wildman–Crippen LogP) is -0.0479. The topological polar surface area (TPSA) is 60.4 Å².